The van der Waals surface area contributed by atoms with Crippen molar-refractivity contribution in [3.63, 3.8) is 0 Å². The van der Waals surface area contributed by atoms with Crippen molar-refractivity contribution >= 4 is 11.3 Å². The molecule has 96 valence electrons. The molecule has 1 aromatic heterocycles. The van der Waals surface area contributed by atoms with Crippen molar-refractivity contribution in [3.05, 3.63) is 52.0 Å². The van der Waals surface area contributed by atoms with Crippen LogP contribution < -0.4 is 0 Å². The number of nitrogens with zero attached hydrogens (tertiary/aromatic N) is 1. The molecule has 0 aliphatic heterocycles. The maximum Gasteiger partial charge on any atom is 0.0987 e. The van der Waals surface area contributed by atoms with Gasteiger partial charge in [0, 0.05) is 23.8 Å². The molecular formula is C15H19NOS. The summed E-state index contributed by atoms with van der Waals surface area (Å²) < 4.78 is 0. The van der Waals surface area contributed by atoms with Crippen molar-refractivity contribution in [3.8, 4) is 0 Å². The molecule has 0 saturated heterocycles. The van der Waals surface area contributed by atoms with Crippen LogP contribution in [-0.4, -0.2) is 16.7 Å². The van der Waals surface area contributed by atoms with Gasteiger partial charge in [-0.15, -0.1) is 11.3 Å². The van der Waals surface area contributed by atoms with Crippen molar-refractivity contribution < 1.29 is 5.11 Å². The van der Waals surface area contributed by atoms with E-state index in [4.69, 9.17) is 5.11 Å². The second-order valence-corrected chi connectivity index (χ2v) is 6.02. The lowest BCUT2D eigenvalue weighted by atomic mass is 9.86. The smallest absolute Gasteiger partial charge is 0.0987 e. The first kappa shape index (κ1) is 13.2. The second kappa shape index (κ2) is 5.63. The van der Waals surface area contributed by atoms with Crippen LogP contribution in [0.1, 0.15) is 30.1 Å². The monoisotopic (exact) mass is 261 g/mol. The van der Waals surface area contributed by atoms with Gasteiger partial charge in [-0.05, 0) is 12.0 Å². The predicted octanol–water partition coefficient (Wildman–Crippen LogP) is 3.20. The van der Waals surface area contributed by atoms with Crippen molar-refractivity contribution in [1.82, 2.24) is 4.98 Å². The minimum Gasteiger partial charge on any atom is -0.396 e. The first-order valence-corrected chi connectivity index (χ1v) is 7.09. The molecular weight excluding hydrogens is 242 g/mol. The number of aromatic nitrogens is 1. The van der Waals surface area contributed by atoms with E-state index in [1.807, 2.05) is 6.07 Å². The maximum absolute atomic E-state index is 8.93. The highest BCUT2D eigenvalue weighted by molar-refractivity contribution is 7.09. The number of hydrogen-bond donors (Lipinski definition) is 1. The predicted molar refractivity (Wildman–Crippen MR) is 76.1 cm³/mol. The van der Waals surface area contributed by atoms with Gasteiger partial charge in [-0.2, -0.15) is 0 Å². The van der Waals surface area contributed by atoms with Crippen LogP contribution in [0.3, 0.4) is 0 Å². The minimum absolute atomic E-state index is 0.0414. The fourth-order valence-corrected chi connectivity index (χ4v) is 3.01. The molecule has 0 radical (unpaired) electrons. The van der Waals surface area contributed by atoms with Crippen molar-refractivity contribution in [1.29, 1.82) is 0 Å². The summed E-state index contributed by atoms with van der Waals surface area (Å²) in [5.74, 6) is 0. The number of hydrogen-bond acceptors (Lipinski definition) is 3. The molecule has 0 atom stereocenters. The van der Waals surface area contributed by atoms with E-state index in [1.54, 1.807) is 11.3 Å². The Labute approximate surface area is 112 Å². The van der Waals surface area contributed by atoms with Crippen LogP contribution in [0.15, 0.2) is 35.7 Å². The standard InChI is InChI=1S/C15H19NOS/c1-15(2,10-12-6-4-3-5-7-12)14-16-13(8-9-17)11-18-14/h3-7,11,17H,8-10H2,1-2H3. The zero-order valence-corrected chi connectivity index (χ0v) is 11.7. The van der Waals surface area contributed by atoms with Gasteiger partial charge in [0.1, 0.15) is 0 Å². The molecule has 2 nitrogen and oxygen atoms in total. The lowest BCUT2D eigenvalue weighted by molar-refractivity contribution is 0.298. The first-order chi connectivity index (χ1) is 8.62. The average Bonchev–Trinajstić information content (AvgIpc) is 2.80. The molecule has 0 amide bonds. The third-order valence-corrected chi connectivity index (χ3v) is 4.24. The Kier molecular flexibility index (Phi) is 4.15. The van der Waals surface area contributed by atoms with E-state index >= 15 is 0 Å². The highest BCUT2D eigenvalue weighted by atomic mass is 32.1. The molecule has 1 aromatic carbocycles. The van der Waals surface area contributed by atoms with E-state index in [2.05, 4.69) is 48.5 Å². The van der Waals surface area contributed by atoms with Crippen LogP contribution in [-0.2, 0) is 18.3 Å². The zero-order valence-electron chi connectivity index (χ0n) is 10.9. The van der Waals surface area contributed by atoms with Gasteiger partial charge in [0.15, 0.2) is 0 Å². The Morgan fingerprint density at radius 1 is 1.22 bits per heavy atom. The van der Waals surface area contributed by atoms with E-state index in [1.165, 1.54) is 5.56 Å². The third-order valence-electron chi connectivity index (χ3n) is 2.99. The van der Waals surface area contributed by atoms with Crippen LogP contribution >= 0.6 is 11.3 Å². The molecule has 18 heavy (non-hydrogen) atoms. The van der Waals surface area contributed by atoms with Crippen molar-refractivity contribution in [2.75, 3.05) is 6.61 Å². The van der Waals surface area contributed by atoms with Crippen LogP contribution in [0.5, 0.6) is 0 Å². The molecule has 2 rings (SSSR count). The summed E-state index contributed by atoms with van der Waals surface area (Å²) in [7, 11) is 0. The summed E-state index contributed by atoms with van der Waals surface area (Å²) in [5, 5.41) is 12.1. The molecule has 0 spiro atoms. The fraction of sp³-hybridized carbons (Fsp3) is 0.400. The molecule has 0 fully saturated rings. The number of benzene rings is 1. The van der Waals surface area contributed by atoms with Gasteiger partial charge in [-0.3, -0.25) is 0 Å². The first-order valence-electron chi connectivity index (χ1n) is 6.21. The highest BCUT2D eigenvalue weighted by Crippen LogP contribution is 2.30. The summed E-state index contributed by atoms with van der Waals surface area (Å²) in [6.45, 7) is 4.62. The van der Waals surface area contributed by atoms with Crippen LogP contribution in [0.25, 0.3) is 0 Å². The average molecular weight is 261 g/mol. The highest BCUT2D eigenvalue weighted by Gasteiger charge is 2.24. The van der Waals surface area contributed by atoms with E-state index in [9.17, 15) is 0 Å². The van der Waals surface area contributed by atoms with Crippen LogP contribution in [0, 0.1) is 0 Å². The molecule has 0 unspecified atom stereocenters. The fourth-order valence-electron chi connectivity index (χ4n) is 2.03. The molecule has 1 heterocycles. The molecule has 2 aromatic rings. The van der Waals surface area contributed by atoms with Gasteiger partial charge in [-0.1, -0.05) is 44.2 Å². The molecule has 0 aliphatic carbocycles. The van der Waals surface area contributed by atoms with E-state index in [0.29, 0.717) is 6.42 Å². The topological polar surface area (TPSA) is 33.1 Å². The maximum atomic E-state index is 8.93. The summed E-state index contributed by atoms with van der Waals surface area (Å²) in [6, 6.07) is 10.5. The normalized spacial score (nSPS) is 11.7. The number of aliphatic hydroxyl groups excluding tert-OH is 1. The van der Waals surface area contributed by atoms with Crippen molar-refractivity contribution in [2.24, 2.45) is 0 Å². The molecule has 0 aliphatic rings. The van der Waals surface area contributed by atoms with E-state index in [-0.39, 0.29) is 12.0 Å². The van der Waals surface area contributed by atoms with E-state index in [0.717, 1.165) is 17.1 Å². The molecule has 1 N–H and O–H groups in total. The van der Waals surface area contributed by atoms with Gasteiger partial charge in [0.2, 0.25) is 0 Å². The number of thiazole rings is 1. The number of aliphatic hydroxyl groups is 1. The summed E-state index contributed by atoms with van der Waals surface area (Å²) >= 11 is 1.69. The summed E-state index contributed by atoms with van der Waals surface area (Å²) in [5.41, 5.74) is 2.37. The van der Waals surface area contributed by atoms with Crippen LogP contribution in [0.4, 0.5) is 0 Å². The van der Waals surface area contributed by atoms with Crippen LogP contribution in [0.2, 0.25) is 0 Å². The largest absolute Gasteiger partial charge is 0.396 e. The number of rotatable bonds is 5. The quantitative estimate of drug-likeness (QED) is 0.896. The van der Waals surface area contributed by atoms with Gasteiger partial charge in [0.05, 0.1) is 10.7 Å². The van der Waals surface area contributed by atoms with Gasteiger partial charge in [0.25, 0.3) is 0 Å². The summed E-state index contributed by atoms with van der Waals surface area (Å²) in [6.07, 6.45) is 1.64. The Hall–Kier alpha value is -1.19. The Bertz CT molecular complexity index is 490. The molecule has 0 saturated carbocycles. The molecule has 0 bridgehead atoms. The zero-order chi connectivity index (χ0) is 13.0. The van der Waals surface area contributed by atoms with E-state index < -0.39 is 0 Å². The Morgan fingerprint density at radius 2 is 1.94 bits per heavy atom. The SMILES string of the molecule is CC(C)(Cc1ccccc1)c1nc(CCO)cs1. The van der Waals surface area contributed by atoms with Gasteiger partial charge >= 0.3 is 0 Å². The lowest BCUT2D eigenvalue weighted by Gasteiger charge is -2.22. The van der Waals surface area contributed by atoms with Crippen molar-refractivity contribution in [2.45, 2.75) is 32.1 Å². The molecule has 3 heteroatoms. The second-order valence-electron chi connectivity index (χ2n) is 5.16. The Morgan fingerprint density at radius 3 is 2.61 bits per heavy atom. The third kappa shape index (κ3) is 3.18. The van der Waals surface area contributed by atoms with Gasteiger partial charge in [-0.25, -0.2) is 4.98 Å². The summed E-state index contributed by atoms with van der Waals surface area (Å²) in [4.78, 5) is 4.63. The van der Waals surface area contributed by atoms with Gasteiger partial charge < -0.3 is 5.11 Å². The minimum atomic E-state index is 0.0414. The Balaban J connectivity index is 2.14. The lowest BCUT2D eigenvalue weighted by Crippen LogP contribution is -2.20.